The SMILES string of the molecule is CC1(C)OB(c2ccc(-c3cccc4c3-c3ccccc3[Si]4(C)c3ccccc3)cc2)OC1(C)C. The van der Waals surface area contributed by atoms with Gasteiger partial charge >= 0.3 is 7.12 Å². The van der Waals surface area contributed by atoms with Gasteiger partial charge in [0.05, 0.1) is 11.2 Å². The molecular formula is C31H31BO2Si. The van der Waals surface area contributed by atoms with Crippen LogP contribution in [-0.2, 0) is 9.31 Å². The summed E-state index contributed by atoms with van der Waals surface area (Å²) in [5, 5.41) is 4.46. The summed E-state index contributed by atoms with van der Waals surface area (Å²) < 4.78 is 12.6. The third-order valence-corrected chi connectivity index (χ3v) is 12.9. The van der Waals surface area contributed by atoms with Gasteiger partial charge < -0.3 is 9.31 Å². The zero-order chi connectivity index (χ0) is 24.4. The minimum Gasteiger partial charge on any atom is -0.399 e. The van der Waals surface area contributed by atoms with Gasteiger partial charge in [-0.05, 0) is 71.0 Å². The molecule has 174 valence electrons. The summed E-state index contributed by atoms with van der Waals surface area (Å²) in [6.45, 7) is 10.9. The van der Waals surface area contributed by atoms with Crippen LogP contribution in [0.2, 0.25) is 6.55 Å². The minimum absolute atomic E-state index is 0.340. The van der Waals surface area contributed by atoms with Crippen LogP contribution in [-0.4, -0.2) is 26.4 Å². The third kappa shape index (κ3) is 3.31. The standard InChI is InChI=1S/C31H31BO2Si/c1-30(2)31(3,4)34-32(33-30)23-20-18-22(19-21-23)25-15-11-17-28-29(25)26-14-9-10-16-27(26)35(28,5)24-12-7-6-8-13-24/h6-21H,1-5H3. The molecule has 6 rings (SSSR count). The number of hydrogen-bond donors (Lipinski definition) is 0. The maximum Gasteiger partial charge on any atom is 0.494 e. The summed E-state index contributed by atoms with van der Waals surface area (Å²) in [6.07, 6.45) is 0. The van der Waals surface area contributed by atoms with Gasteiger partial charge in [-0.15, -0.1) is 0 Å². The minimum atomic E-state index is -2.07. The molecule has 35 heavy (non-hydrogen) atoms. The molecule has 0 amide bonds. The molecule has 0 aromatic heterocycles. The summed E-state index contributed by atoms with van der Waals surface area (Å²) in [4.78, 5) is 0. The summed E-state index contributed by atoms with van der Waals surface area (Å²) in [7, 11) is -2.41. The van der Waals surface area contributed by atoms with Crippen LogP contribution < -0.4 is 21.0 Å². The average Bonchev–Trinajstić information content (AvgIpc) is 3.26. The Hall–Kier alpha value is -2.92. The predicted molar refractivity (Wildman–Crippen MR) is 150 cm³/mol. The van der Waals surface area contributed by atoms with Crippen LogP contribution in [0.4, 0.5) is 0 Å². The molecule has 4 aromatic rings. The molecule has 1 fully saturated rings. The van der Waals surface area contributed by atoms with Gasteiger partial charge in [-0.2, -0.15) is 0 Å². The largest absolute Gasteiger partial charge is 0.494 e. The van der Waals surface area contributed by atoms with Crippen LogP contribution in [0.3, 0.4) is 0 Å². The van der Waals surface area contributed by atoms with Gasteiger partial charge in [0, 0.05) is 0 Å². The van der Waals surface area contributed by atoms with Crippen LogP contribution in [0.25, 0.3) is 22.3 Å². The van der Waals surface area contributed by atoms with Crippen molar-refractivity contribution in [1.82, 2.24) is 0 Å². The Morgan fingerprint density at radius 2 is 1.17 bits per heavy atom. The van der Waals surface area contributed by atoms with Crippen molar-refractivity contribution in [3.8, 4) is 22.3 Å². The van der Waals surface area contributed by atoms with E-state index in [1.54, 1.807) is 0 Å². The van der Waals surface area contributed by atoms with E-state index < -0.39 is 8.07 Å². The van der Waals surface area contributed by atoms with E-state index in [1.807, 2.05) is 0 Å². The average molecular weight is 474 g/mol. The first kappa shape index (κ1) is 22.5. The van der Waals surface area contributed by atoms with Gasteiger partial charge in [0.25, 0.3) is 0 Å². The number of fused-ring (bicyclic) bond motifs is 3. The molecule has 1 atom stereocenters. The topological polar surface area (TPSA) is 18.5 Å². The molecule has 4 aromatic carbocycles. The lowest BCUT2D eigenvalue weighted by molar-refractivity contribution is 0.00578. The molecule has 1 saturated heterocycles. The molecular weight excluding hydrogens is 443 g/mol. The van der Waals surface area contributed by atoms with Crippen molar-refractivity contribution in [3.63, 3.8) is 0 Å². The van der Waals surface area contributed by atoms with Crippen molar-refractivity contribution < 1.29 is 9.31 Å². The molecule has 0 saturated carbocycles. The first-order chi connectivity index (χ1) is 16.7. The first-order valence-corrected chi connectivity index (χ1v) is 15.0. The molecule has 0 aliphatic carbocycles. The van der Waals surface area contributed by atoms with Crippen LogP contribution >= 0.6 is 0 Å². The molecule has 2 heterocycles. The molecule has 2 nitrogen and oxygen atoms in total. The number of benzene rings is 4. The van der Waals surface area contributed by atoms with Crippen molar-refractivity contribution in [2.75, 3.05) is 0 Å². The highest BCUT2D eigenvalue weighted by Crippen LogP contribution is 2.38. The molecule has 0 bridgehead atoms. The monoisotopic (exact) mass is 474 g/mol. The number of hydrogen-bond acceptors (Lipinski definition) is 2. The summed E-state index contributed by atoms with van der Waals surface area (Å²) in [5.41, 5.74) is 5.67. The Morgan fingerprint density at radius 3 is 1.86 bits per heavy atom. The van der Waals surface area contributed by atoms with Gasteiger partial charge in [-0.3, -0.25) is 0 Å². The Bertz CT molecular complexity index is 1400. The molecule has 0 N–H and O–H groups in total. The Labute approximate surface area is 210 Å². The van der Waals surface area contributed by atoms with Crippen molar-refractivity contribution in [3.05, 3.63) is 97.1 Å². The maximum absolute atomic E-state index is 6.28. The molecule has 0 spiro atoms. The van der Waals surface area contributed by atoms with E-state index in [9.17, 15) is 0 Å². The quantitative estimate of drug-likeness (QED) is 0.400. The summed E-state index contributed by atoms with van der Waals surface area (Å²) >= 11 is 0. The fourth-order valence-electron chi connectivity index (χ4n) is 5.66. The van der Waals surface area contributed by atoms with E-state index in [4.69, 9.17) is 9.31 Å². The van der Waals surface area contributed by atoms with E-state index in [0.717, 1.165) is 5.46 Å². The predicted octanol–water partition coefficient (Wildman–Crippen LogP) is 4.73. The second-order valence-corrected chi connectivity index (χ2v) is 14.9. The fraction of sp³-hybridized carbons (Fsp3) is 0.226. The zero-order valence-electron chi connectivity index (χ0n) is 21.1. The normalized spacial score (nSPS) is 21.6. The summed E-state index contributed by atoms with van der Waals surface area (Å²) in [5.74, 6) is 0. The van der Waals surface area contributed by atoms with Gasteiger partial charge in [-0.1, -0.05) is 104 Å². The highest BCUT2D eigenvalue weighted by molar-refractivity contribution is 7.13. The molecule has 1 unspecified atom stereocenters. The van der Waals surface area contributed by atoms with Gasteiger partial charge in [0.15, 0.2) is 0 Å². The lowest BCUT2D eigenvalue weighted by Crippen LogP contribution is -2.62. The van der Waals surface area contributed by atoms with E-state index in [1.165, 1.54) is 37.8 Å². The van der Waals surface area contributed by atoms with Gasteiger partial charge in [-0.25, -0.2) is 0 Å². The molecule has 2 aliphatic heterocycles. The van der Waals surface area contributed by atoms with E-state index >= 15 is 0 Å². The van der Waals surface area contributed by atoms with E-state index in [2.05, 4.69) is 131 Å². The van der Waals surface area contributed by atoms with E-state index in [0.29, 0.717) is 0 Å². The summed E-state index contributed by atoms with van der Waals surface area (Å²) in [6, 6.07) is 35.7. The number of rotatable bonds is 3. The van der Waals surface area contributed by atoms with Crippen molar-refractivity contribution >= 4 is 36.2 Å². The van der Waals surface area contributed by atoms with Gasteiger partial charge in [0.1, 0.15) is 8.07 Å². The van der Waals surface area contributed by atoms with Gasteiger partial charge in [0.2, 0.25) is 0 Å². The lowest BCUT2D eigenvalue weighted by Gasteiger charge is -2.32. The third-order valence-electron chi connectivity index (χ3n) is 8.44. The highest BCUT2D eigenvalue weighted by atomic mass is 28.3. The van der Waals surface area contributed by atoms with Crippen LogP contribution in [0, 0.1) is 0 Å². The maximum atomic E-state index is 6.28. The lowest BCUT2D eigenvalue weighted by atomic mass is 9.78. The van der Waals surface area contributed by atoms with E-state index in [-0.39, 0.29) is 18.3 Å². The Balaban J connectivity index is 1.45. The smallest absolute Gasteiger partial charge is 0.399 e. The second-order valence-electron chi connectivity index (χ2n) is 11.0. The fourth-order valence-corrected chi connectivity index (χ4v) is 9.81. The molecule has 4 heteroatoms. The van der Waals surface area contributed by atoms with Crippen molar-refractivity contribution in [1.29, 1.82) is 0 Å². The van der Waals surface area contributed by atoms with Crippen LogP contribution in [0.5, 0.6) is 0 Å². The Morgan fingerprint density at radius 1 is 0.600 bits per heavy atom. The molecule has 0 radical (unpaired) electrons. The Kier molecular flexibility index (Phi) is 5.02. The van der Waals surface area contributed by atoms with Crippen LogP contribution in [0.15, 0.2) is 97.1 Å². The van der Waals surface area contributed by atoms with Crippen LogP contribution in [0.1, 0.15) is 27.7 Å². The molecule has 2 aliphatic rings. The first-order valence-electron chi connectivity index (χ1n) is 12.5. The highest BCUT2D eigenvalue weighted by Gasteiger charge is 2.51. The van der Waals surface area contributed by atoms with Crippen molar-refractivity contribution in [2.45, 2.75) is 45.4 Å². The zero-order valence-corrected chi connectivity index (χ0v) is 22.1. The second kappa shape index (κ2) is 7.79. The van der Waals surface area contributed by atoms with Crippen molar-refractivity contribution in [2.24, 2.45) is 0 Å².